The Bertz CT molecular complexity index is 1550. The first-order valence-electron chi connectivity index (χ1n) is 12.0. The van der Waals surface area contributed by atoms with Crippen LogP contribution < -0.4 is 24.8 Å². The minimum atomic E-state index is -0.337. The first kappa shape index (κ1) is 26.3. The van der Waals surface area contributed by atoms with E-state index in [1.807, 2.05) is 52.0 Å². The van der Waals surface area contributed by atoms with Crippen molar-refractivity contribution >= 4 is 28.2 Å². The lowest BCUT2D eigenvalue weighted by Crippen LogP contribution is -2.40. The van der Waals surface area contributed by atoms with Crippen LogP contribution in [-0.2, 0) is 0 Å². The third-order valence-electron chi connectivity index (χ3n) is 5.75. The second-order valence-electron chi connectivity index (χ2n) is 9.82. The van der Waals surface area contributed by atoms with Crippen molar-refractivity contribution in [2.75, 3.05) is 19.5 Å². The van der Waals surface area contributed by atoms with Crippen LogP contribution in [0.2, 0.25) is 0 Å². The van der Waals surface area contributed by atoms with E-state index >= 15 is 0 Å². The molecule has 4 rings (SSSR count). The van der Waals surface area contributed by atoms with Crippen LogP contribution in [0.4, 0.5) is 11.4 Å². The van der Waals surface area contributed by atoms with Crippen LogP contribution in [-0.4, -0.2) is 30.6 Å². The lowest BCUT2D eigenvalue weighted by molar-refractivity contribution is 0.0919. The highest BCUT2D eigenvalue weighted by molar-refractivity contribution is 5.98. The molecule has 3 aromatic carbocycles. The van der Waals surface area contributed by atoms with Gasteiger partial charge in [0.25, 0.3) is 5.91 Å². The average Bonchev–Trinajstić information content (AvgIpc) is 2.88. The molecule has 0 saturated carbocycles. The van der Waals surface area contributed by atoms with Crippen LogP contribution in [0.1, 0.15) is 42.3 Å². The first-order valence-corrected chi connectivity index (χ1v) is 12.0. The fourth-order valence-corrected chi connectivity index (χ4v) is 3.97. The molecule has 4 aromatic rings. The highest BCUT2D eigenvalue weighted by Gasteiger charge is 2.17. The van der Waals surface area contributed by atoms with E-state index < -0.39 is 0 Å². The molecule has 0 aliphatic rings. The Kier molecular flexibility index (Phi) is 7.40. The highest BCUT2D eigenvalue weighted by Crippen LogP contribution is 2.37. The van der Waals surface area contributed by atoms with E-state index in [1.54, 1.807) is 44.6 Å². The molecule has 0 bridgehead atoms. The van der Waals surface area contributed by atoms with Gasteiger partial charge in [0, 0.05) is 34.4 Å². The molecule has 1 aromatic heterocycles. The molecule has 2 N–H and O–H groups in total. The van der Waals surface area contributed by atoms with Gasteiger partial charge in [-0.3, -0.25) is 9.78 Å². The molecule has 0 aliphatic carbocycles. The van der Waals surface area contributed by atoms with E-state index in [4.69, 9.17) is 14.2 Å². The molecule has 8 nitrogen and oxygen atoms in total. The summed E-state index contributed by atoms with van der Waals surface area (Å²) in [5.41, 5.74) is 3.50. The molecular weight excluding hydrogens is 480 g/mol. The van der Waals surface area contributed by atoms with E-state index in [0.717, 1.165) is 16.6 Å². The number of aryl methyl sites for hydroxylation is 1. The first-order chi connectivity index (χ1) is 18.1. The van der Waals surface area contributed by atoms with Gasteiger partial charge in [-0.25, -0.2) is 0 Å². The summed E-state index contributed by atoms with van der Waals surface area (Å²) in [6, 6.07) is 18.5. The summed E-state index contributed by atoms with van der Waals surface area (Å²) < 4.78 is 17.0. The number of hydrogen-bond acceptors (Lipinski definition) is 7. The summed E-state index contributed by atoms with van der Waals surface area (Å²) in [7, 11) is 3.13. The van der Waals surface area contributed by atoms with Gasteiger partial charge in [-0.1, -0.05) is 6.07 Å². The lowest BCUT2D eigenvalue weighted by atomic mass is 10.1. The predicted octanol–water partition coefficient (Wildman–Crippen LogP) is 6.50. The summed E-state index contributed by atoms with van der Waals surface area (Å²) in [4.78, 5) is 17.0. The number of rotatable bonds is 7. The smallest absolute Gasteiger partial charge is 0.251 e. The molecule has 0 spiro atoms. The molecule has 1 heterocycles. The van der Waals surface area contributed by atoms with Crippen molar-refractivity contribution in [3.05, 3.63) is 77.5 Å². The number of anilines is 2. The second kappa shape index (κ2) is 10.7. The SMILES string of the molecule is COc1cc2ncc(C#N)c(Nc3ccc(Oc4cccc(C(=O)NC(C)(C)C)c4)c(C)c3)c2cc1OC. The van der Waals surface area contributed by atoms with E-state index in [1.165, 1.54) is 6.20 Å². The summed E-state index contributed by atoms with van der Waals surface area (Å²) in [6.45, 7) is 7.74. The topological polar surface area (TPSA) is 106 Å². The molecule has 38 heavy (non-hydrogen) atoms. The van der Waals surface area contributed by atoms with E-state index in [9.17, 15) is 10.1 Å². The Morgan fingerprint density at radius 1 is 0.974 bits per heavy atom. The van der Waals surface area contributed by atoms with Gasteiger partial charge in [0.2, 0.25) is 0 Å². The third kappa shape index (κ3) is 5.79. The second-order valence-corrected chi connectivity index (χ2v) is 9.82. The number of nitrogens with one attached hydrogen (secondary N) is 2. The monoisotopic (exact) mass is 510 g/mol. The number of nitrogens with zero attached hydrogens (tertiary/aromatic N) is 2. The number of ether oxygens (including phenoxy) is 3. The van der Waals surface area contributed by atoms with Gasteiger partial charge in [-0.2, -0.15) is 5.26 Å². The van der Waals surface area contributed by atoms with Crippen LogP contribution in [0.3, 0.4) is 0 Å². The van der Waals surface area contributed by atoms with Crippen molar-refractivity contribution in [3.8, 4) is 29.1 Å². The predicted molar refractivity (Wildman–Crippen MR) is 148 cm³/mol. The fourth-order valence-electron chi connectivity index (χ4n) is 3.97. The fraction of sp³-hybridized carbons (Fsp3) is 0.233. The molecule has 8 heteroatoms. The number of nitriles is 1. The summed E-state index contributed by atoms with van der Waals surface area (Å²) in [5.74, 6) is 2.14. The standard InChI is InChI=1S/C30H30N4O4/c1-18-12-21(10-11-25(18)38-22-9-7-8-19(13-22)29(35)34-30(2,3)4)33-28-20(16-31)17-32-24-15-27(37-6)26(36-5)14-23(24)28/h7-15,17H,1-6H3,(H,32,33)(H,34,35). The molecule has 194 valence electrons. The van der Waals surface area contributed by atoms with E-state index in [2.05, 4.69) is 21.7 Å². The average molecular weight is 511 g/mol. The lowest BCUT2D eigenvalue weighted by Gasteiger charge is -2.20. The molecular formula is C30H30N4O4. The Balaban J connectivity index is 1.61. The van der Waals surface area contributed by atoms with Crippen molar-refractivity contribution in [1.82, 2.24) is 10.3 Å². The number of amides is 1. The summed E-state index contributed by atoms with van der Waals surface area (Å²) >= 11 is 0. The number of carbonyl (C=O) groups excluding carboxylic acids is 1. The Hall–Kier alpha value is -4.77. The Morgan fingerprint density at radius 2 is 1.71 bits per heavy atom. The van der Waals surface area contributed by atoms with Gasteiger partial charge in [0.15, 0.2) is 11.5 Å². The summed E-state index contributed by atoms with van der Waals surface area (Å²) in [6.07, 6.45) is 1.53. The Morgan fingerprint density at radius 3 is 2.37 bits per heavy atom. The number of aromatic nitrogens is 1. The van der Waals surface area contributed by atoms with Gasteiger partial charge in [0.1, 0.15) is 17.6 Å². The van der Waals surface area contributed by atoms with E-state index in [-0.39, 0.29) is 11.4 Å². The number of carbonyl (C=O) groups is 1. The zero-order valence-electron chi connectivity index (χ0n) is 22.3. The van der Waals surface area contributed by atoms with Crippen LogP contribution in [0.5, 0.6) is 23.0 Å². The number of methoxy groups -OCH3 is 2. The van der Waals surface area contributed by atoms with Crippen LogP contribution in [0, 0.1) is 18.3 Å². The maximum atomic E-state index is 12.6. The van der Waals surface area contributed by atoms with Gasteiger partial charge >= 0.3 is 0 Å². The number of hydrogen-bond donors (Lipinski definition) is 2. The van der Waals surface area contributed by atoms with Crippen LogP contribution in [0.15, 0.2) is 60.8 Å². The minimum Gasteiger partial charge on any atom is -0.493 e. The molecule has 0 radical (unpaired) electrons. The van der Waals surface area contributed by atoms with Crippen molar-refractivity contribution in [2.24, 2.45) is 0 Å². The number of pyridine rings is 1. The highest BCUT2D eigenvalue weighted by atomic mass is 16.5. The summed E-state index contributed by atoms with van der Waals surface area (Å²) in [5, 5.41) is 16.8. The minimum absolute atomic E-state index is 0.161. The van der Waals surface area contributed by atoms with Gasteiger partial charge in [-0.05, 0) is 75.7 Å². The van der Waals surface area contributed by atoms with Crippen molar-refractivity contribution in [3.63, 3.8) is 0 Å². The number of benzene rings is 3. The molecule has 0 unspecified atom stereocenters. The van der Waals surface area contributed by atoms with Crippen molar-refractivity contribution in [1.29, 1.82) is 5.26 Å². The van der Waals surface area contributed by atoms with Crippen molar-refractivity contribution < 1.29 is 19.0 Å². The third-order valence-corrected chi connectivity index (χ3v) is 5.75. The molecule has 0 atom stereocenters. The quantitative estimate of drug-likeness (QED) is 0.292. The number of fused-ring (bicyclic) bond motifs is 1. The normalized spacial score (nSPS) is 11.0. The maximum Gasteiger partial charge on any atom is 0.251 e. The van der Waals surface area contributed by atoms with E-state index in [0.29, 0.717) is 45.3 Å². The maximum absolute atomic E-state index is 12.6. The molecule has 0 saturated heterocycles. The van der Waals surface area contributed by atoms with Gasteiger partial charge in [0.05, 0.1) is 31.0 Å². The molecule has 0 aliphatic heterocycles. The molecule has 1 amide bonds. The molecule has 0 fully saturated rings. The Labute approximate surface area is 222 Å². The zero-order chi connectivity index (χ0) is 27.4. The van der Waals surface area contributed by atoms with Gasteiger partial charge < -0.3 is 24.8 Å². The largest absolute Gasteiger partial charge is 0.493 e. The van der Waals surface area contributed by atoms with Crippen LogP contribution in [0.25, 0.3) is 10.9 Å². The van der Waals surface area contributed by atoms with Crippen LogP contribution >= 0.6 is 0 Å². The van der Waals surface area contributed by atoms with Gasteiger partial charge in [-0.15, -0.1) is 0 Å². The van der Waals surface area contributed by atoms with Crippen molar-refractivity contribution in [2.45, 2.75) is 33.2 Å². The zero-order valence-corrected chi connectivity index (χ0v) is 22.3.